The maximum Gasteiger partial charge on any atom is 0.338 e. The average Bonchev–Trinajstić information content (AvgIpc) is 2.79. The van der Waals surface area contributed by atoms with Gasteiger partial charge in [0, 0.05) is 22.3 Å². The largest absolute Gasteiger partial charge is 0.422 e. The Morgan fingerprint density at radius 3 is 1.71 bits per heavy atom. The lowest BCUT2D eigenvalue weighted by molar-refractivity contribution is -0.132. The van der Waals surface area contributed by atoms with Crippen LogP contribution in [0.1, 0.15) is 36.7 Å². The molecule has 0 fully saturated rings. The Labute approximate surface area is 207 Å². The standard InChI is InChI=1S/C27H23ClO7/c1-15(2)25(30)33-22-12-9-19(14-20(22)28)21(29)10-7-18-8-11-23(34-26(31)16(3)4)24(13-18)35-27(32)17(5)6/h7-14H,1,3,5H2,2,4,6H3/b10-7+. The molecule has 0 heterocycles. The van der Waals surface area contributed by atoms with Crippen molar-refractivity contribution in [1.29, 1.82) is 0 Å². The van der Waals surface area contributed by atoms with Crippen molar-refractivity contribution in [3.63, 3.8) is 0 Å². The minimum absolute atomic E-state index is 0.00255. The molecule has 8 heteroatoms. The van der Waals surface area contributed by atoms with E-state index in [1.165, 1.54) is 63.3 Å². The van der Waals surface area contributed by atoms with Crippen molar-refractivity contribution in [3.8, 4) is 17.2 Å². The first-order valence-electron chi connectivity index (χ1n) is 10.2. The van der Waals surface area contributed by atoms with E-state index in [1.807, 2.05) is 0 Å². The molecule has 0 bridgehead atoms. The van der Waals surface area contributed by atoms with Gasteiger partial charge in [0.15, 0.2) is 17.3 Å². The maximum absolute atomic E-state index is 12.6. The molecule has 0 spiro atoms. The van der Waals surface area contributed by atoms with Crippen molar-refractivity contribution in [2.24, 2.45) is 0 Å². The first kappa shape index (κ1) is 27.0. The number of hydrogen-bond donors (Lipinski definition) is 0. The van der Waals surface area contributed by atoms with E-state index >= 15 is 0 Å². The SMILES string of the molecule is C=C(C)C(=O)Oc1ccc(C(=O)/C=C/c2ccc(OC(=O)C(=C)C)c(OC(=O)C(=C)C)c2)cc1Cl. The summed E-state index contributed by atoms with van der Waals surface area (Å²) in [7, 11) is 0. The van der Waals surface area contributed by atoms with Crippen LogP contribution in [0, 0.1) is 0 Å². The normalized spacial score (nSPS) is 10.4. The predicted molar refractivity (Wildman–Crippen MR) is 133 cm³/mol. The number of hydrogen-bond acceptors (Lipinski definition) is 7. The van der Waals surface area contributed by atoms with Gasteiger partial charge in [-0.25, -0.2) is 14.4 Å². The lowest BCUT2D eigenvalue weighted by Crippen LogP contribution is -2.12. The number of halogens is 1. The third-order valence-electron chi connectivity index (χ3n) is 4.26. The molecule has 0 unspecified atom stereocenters. The summed E-state index contributed by atoms with van der Waals surface area (Å²) in [4.78, 5) is 48.2. The topological polar surface area (TPSA) is 96.0 Å². The van der Waals surface area contributed by atoms with Gasteiger partial charge < -0.3 is 14.2 Å². The van der Waals surface area contributed by atoms with Crippen LogP contribution in [-0.4, -0.2) is 23.7 Å². The lowest BCUT2D eigenvalue weighted by atomic mass is 10.1. The highest BCUT2D eigenvalue weighted by Crippen LogP contribution is 2.31. The predicted octanol–water partition coefficient (Wildman–Crippen LogP) is 5.68. The second-order valence-corrected chi connectivity index (χ2v) is 7.97. The molecule has 0 N–H and O–H groups in total. The summed E-state index contributed by atoms with van der Waals surface area (Å²) < 4.78 is 15.6. The van der Waals surface area contributed by atoms with Gasteiger partial charge in [-0.15, -0.1) is 0 Å². The van der Waals surface area contributed by atoms with Crippen LogP contribution in [0.4, 0.5) is 0 Å². The molecule has 35 heavy (non-hydrogen) atoms. The zero-order chi connectivity index (χ0) is 26.3. The van der Waals surface area contributed by atoms with E-state index in [1.54, 1.807) is 6.07 Å². The number of rotatable bonds is 9. The number of ether oxygens (including phenoxy) is 3. The van der Waals surface area contributed by atoms with Gasteiger partial charge >= 0.3 is 17.9 Å². The lowest BCUT2D eigenvalue weighted by Gasteiger charge is -2.11. The molecule has 0 aliphatic rings. The molecule has 0 atom stereocenters. The number of carbonyl (C=O) groups is 4. The fourth-order valence-electron chi connectivity index (χ4n) is 2.36. The van der Waals surface area contributed by atoms with Crippen molar-refractivity contribution in [2.75, 3.05) is 0 Å². The summed E-state index contributed by atoms with van der Waals surface area (Å²) in [5.74, 6) is -2.35. The molecule has 2 rings (SSSR count). The molecular weight excluding hydrogens is 472 g/mol. The fourth-order valence-corrected chi connectivity index (χ4v) is 2.58. The monoisotopic (exact) mass is 494 g/mol. The third kappa shape index (κ3) is 7.65. The maximum atomic E-state index is 12.6. The van der Waals surface area contributed by atoms with Crippen LogP contribution in [0.2, 0.25) is 5.02 Å². The van der Waals surface area contributed by atoms with E-state index in [0.29, 0.717) is 5.56 Å². The summed E-state index contributed by atoms with van der Waals surface area (Å²) in [5, 5.41) is 0.0801. The molecule has 0 saturated carbocycles. The second kappa shape index (κ2) is 11.8. The van der Waals surface area contributed by atoms with E-state index in [2.05, 4.69) is 19.7 Å². The van der Waals surface area contributed by atoms with E-state index in [-0.39, 0.29) is 50.3 Å². The molecule has 0 amide bonds. The summed E-state index contributed by atoms with van der Waals surface area (Å²) >= 11 is 6.13. The van der Waals surface area contributed by atoms with Crippen LogP contribution in [0.25, 0.3) is 6.08 Å². The molecule has 0 aliphatic heterocycles. The molecule has 2 aromatic rings. The number of allylic oxidation sites excluding steroid dienone is 1. The van der Waals surface area contributed by atoms with Crippen LogP contribution in [-0.2, 0) is 14.4 Å². The van der Waals surface area contributed by atoms with Crippen molar-refractivity contribution < 1.29 is 33.4 Å². The first-order valence-corrected chi connectivity index (χ1v) is 10.6. The Morgan fingerprint density at radius 2 is 1.20 bits per heavy atom. The molecule has 0 aliphatic carbocycles. The molecule has 0 saturated heterocycles. The summed E-state index contributed by atoms with van der Waals surface area (Å²) in [6, 6.07) is 8.65. The molecule has 0 aromatic heterocycles. The molecule has 2 aromatic carbocycles. The van der Waals surface area contributed by atoms with Crippen LogP contribution in [0.15, 0.2) is 78.9 Å². The van der Waals surface area contributed by atoms with E-state index in [4.69, 9.17) is 25.8 Å². The zero-order valence-electron chi connectivity index (χ0n) is 19.5. The quantitative estimate of drug-likeness (QED) is 0.191. The van der Waals surface area contributed by atoms with Crippen molar-refractivity contribution in [1.82, 2.24) is 0 Å². The molecular formula is C27H23ClO7. The van der Waals surface area contributed by atoms with Gasteiger partial charge in [0.25, 0.3) is 0 Å². The minimum atomic E-state index is -0.711. The summed E-state index contributed by atoms with van der Waals surface area (Å²) in [6.45, 7) is 15.0. The van der Waals surface area contributed by atoms with E-state index < -0.39 is 17.9 Å². The number of esters is 3. The van der Waals surface area contributed by atoms with Crippen LogP contribution >= 0.6 is 11.6 Å². The van der Waals surface area contributed by atoms with Gasteiger partial charge in [-0.2, -0.15) is 0 Å². The van der Waals surface area contributed by atoms with Gasteiger partial charge in [0.05, 0.1) is 5.02 Å². The highest BCUT2D eigenvalue weighted by Gasteiger charge is 2.16. The number of ketones is 1. The Morgan fingerprint density at radius 1 is 0.714 bits per heavy atom. The zero-order valence-corrected chi connectivity index (χ0v) is 20.2. The van der Waals surface area contributed by atoms with Gasteiger partial charge in [-0.3, -0.25) is 4.79 Å². The average molecular weight is 495 g/mol. The van der Waals surface area contributed by atoms with Crippen molar-refractivity contribution in [3.05, 3.63) is 95.1 Å². The van der Waals surface area contributed by atoms with E-state index in [9.17, 15) is 19.2 Å². The number of benzene rings is 2. The highest BCUT2D eigenvalue weighted by atomic mass is 35.5. The summed E-state index contributed by atoms with van der Waals surface area (Å²) in [5.41, 5.74) is 1.25. The minimum Gasteiger partial charge on any atom is -0.422 e. The Kier molecular flexibility index (Phi) is 9.08. The van der Waals surface area contributed by atoms with Crippen molar-refractivity contribution in [2.45, 2.75) is 20.8 Å². The van der Waals surface area contributed by atoms with E-state index in [0.717, 1.165) is 0 Å². The molecule has 180 valence electrons. The Bertz CT molecular complexity index is 1280. The fraction of sp³-hybridized carbons (Fsp3) is 0.111. The highest BCUT2D eigenvalue weighted by molar-refractivity contribution is 6.32. The summed E-state index contributed by atoms with van der Waals surface area (Å²) in [6.07, 6.45) is 2.76. The van der Waals surface area contributed by atoms with Gasteiger partial charge in [0.1, 0.15) is 5.75 Å². The van der Waals surface area contributed by atoms with Crippen molar-refractivity contribution >= 4 is 41.4 Å². The Balaban J connectivity index is 2.27. The van der Waals surface area contributed by atoms with Crippen LogP contribution < -0.4 is 14.2 Å². The van der Waals surface area contributed by atoms with Crippen LogP contribution in [0.3, 0.4) is 0 Å². The third-order valence-corrected chi connectivity index (χ3v) is 4.56. The second-order valence-electron chi connectivity index (χ2n) is 7.56. The first-order chi connectivity index (χ1) is 16.4. The number of carbonyl (C=O) groups excluding carboxylic acids is 4. The smallest absolute Gasteiger partial charge is 0.338 e. The van der Waals surface area contributed by atoms with Gasteiger partial charge in [0.2, 0.25) is 0 Å². The van der Waals surface area contributed by atoms with Crippen LogP contribution in [0.5, 0.6) is 17.2 Å². The molecule has 0 radical (unpaired) electrons. The Hall–Kier alpha value is -4.23. The molecule has 7 nitrogen and oxygen atoms in total. The van der Waals surface area contributed by atoms with Gasteiger partial charge in [-0.1, -0.05) is 43.5 Å². The van der Waals surface area contributed by atoms with Gasteiger partial charge in [-0.05, 0) is 62.7 Å².